The van der Waals surface area contributed by atoms with E-state index in [4.69, 9.17) is 0 Å². The first-order valence-corrected chi connectivity index (χ1v) is 6.55. The summed E-state index contributed by atoms with van der Waals surface area (Å²) in [5, 5.41) is 15.3. The molecule has 0 radical (unpaired) electrons. The molecule has 0 aromatic heterocycles. The van der Waals surface area contributed by atoms with Gasteiger partial charge in [0.05, 0.1) is 6.54 Å². The second-order valence-corrected chi connectivity index (χ2v) is 6.06. The summed E-state index contributed by atoms with van der Waals surface area (Å²) in [6, 6.07) is 0. The molecule has 2 unspecified atom stereocenters. The zero-order valence-corrected chi connectivity index (χ0v) is 11.3. The highest BCUT2D eigenvalue weighted by molar-refractivity contribution is 5.78. The number of rotatable bonds is 5. The van der Waals surface area contributed by atoms with E-state index < -0.39 is 0 Å². The van der Waals surface area contributed by atoms with Crippen LogP contribution in [0.15, 0.2) is 0 Å². The molecule has 0 heterocycles. The van der Waals surface area contributed by atoms with Crippen molar-refractivity contribution in [2.45, 2.75) is 45.6 Å². The van der Waals surface area contributed by atoms with Gasteiger partial charge in [-0.1, -0.05) is 6.42 Å². The summed E-state index contributed by atoms with van der Waals surface area (Å²) < 4.78 is 0. The monoisotopic (exact) mass is 242 g/mol. The van der Waals surface area contributed by atoms with Crippen molar-refractivity contribution in [3.05, 3.63) is 0 Å². The lowest BCUT2D eigenvalue weighted by atomic mass is 9.97. The highest BCUT2D eigenvalue weighted by atomic mass is 16.3. The van der Waals surface area contributed by atoms with E-state index in [1.165, 1.54) is 12.8 Å². The Morgan fingerprint density at radius 1 is 1.29 bits per heavy atom. The van der Waals surface area contributed by atoms with Crippen LogP contribution in [0.4, 0.5) is 0 Å². The molecule has 17 heavy (non-hydrogen) atoms. The number of carbonyl (C=O) groups is 1. The Balaban J connectivity index is 2.17. The molecule has 1 fully saturated rings. The summed E-state index contributed by atoms with van der Waals surface area (Å²) in [5.74, 6) is 0.992. The maximum absolute atomic E-state index is 11.6. The van der Waals surface area contributed by atoms with Crippen molar-refractivity contribution in [2.75, 3.05) is 19.7 Å². The molecule has 0 saturated heterocycles. The maximum atomic E-state index is 11.6. The van der Waals surface area contributed by atoms with Crippen molar-refractivity contribution in [3.63, 3.8) is 0 Å². The molecule has 0 spiro atoms. The van der Waals surface area contributed by atoms with Crippen LogP contribution in [0.2, 0.25) is 0 Å². The first-order chi connectivity index (χ1) is 7.92. The van der Waals surface area contributed by atoms with Gasteiger partial charge in [0.15, 0.2) is 0 Å². The Hall–Kier alpha value is -0.610. The summed E-state index contributed by atoms with van der Waals surface area (Å²) in [5.41, 5.74) is -0.167. The predicted octanol–water partition coefficient (Wildman–Crippen LogP) is 0.899. The number of amides is 1. The summed E-state index contributed by atoms with van der Waals surface area (Å²) >= 11 is 0. The largest absolute Gasteiger partial charge is 0.396 e. The van der Waals surface area contributed by atoms with Crippen LogP contribution >= 0.6 is 0 Å². The molecule has 0 aromatic carbocycles. The summed E-state index contributed by atoms with van der Waals surface area (Å²) in [6.07, 6.45) is 3.49. The molecule has 4 heteroatoms. The van der Waals surface area contributed by atoms with Gasteiger partial charge in [0.25, 0.3) is 0 Å². The highest BCUT2D eigenvalue weighted by Gasteiger charge is 2.26. The molecular formula is C13H26N2O2. The molecule has 4 nitrogen and oxygen atoms in total. The molecule has 0 aromatic rings. The second kappa shape index (κ2) is 6.36. The van der Waals surface area contributed by atoms with Gasteiger partial charge < -0.3 is 15.7 Å². The van der Waals surface area contributed by atoms with Crippen molar-refractivity contribution >= 4 is 5.91 Å². The third kappa shape index (κ3) is 5.50. The third-order valence-corrected chi connectivity index (χ3v) is 3.26. The molecule has 3 N–H and O–H groups in total. The standard InChI is InChI=1S/C13H26N2O2/c1-13(2,3)15-12(17)8-14-7-10-5-4-6-11(10)9-16/h10-11,14,16H,4-9H2,1-3H3,(H,15,17). The molecule has 1 aliphatic carbocycles. The maximum Gasteiger partial charge on any atom is 0.234 e. The Labute approximate surface area is 104 Å². The average molecular weight is 242 g/mol. The molecule has 1 amide bonds. The van der Waals surface area contributed by atoms with Gasteiger partial charge in [-0.2, -0.15) is 0 Å². The minimum Gasteiger partial charge on any atom is -0.396 e. The van der Waals surface area contributed by atoms with Crippen LogP contribution in [-0.4, -0.2) is 36.2 Å². The van der Waals surface area contributed by atoms with Gasteiger partial charge in [-0.15, -0.1) is 0 Å². The van der Waals surface area contributed by atoms with Gasteiger partial charge in [0.2, 0.25) is 5.91 Å². The lowest BCUT2D eigenvalue weighted by Crippen LogP contribution is -2.45. The fourth-order valence-electron chi connectivity index (χ4n) is 2.46. The van der Waals surface area contributed by atoms with Crippen LogP contribution in [0.1, 0.15) is 40.0 Å². The number of carbonyl (C=O) groups excluding carboxylic acids is 1. The molecule has 0 aliphatic heterocycles. The molecule has 1 rings (SSSR count). The van der Waals surface area contributed by atoms with E-state index in [2.05, 4.69) is 10.6 Å². The Kier molecular flexibility index (Phi) is 5.40. The van der Waals surface area contributed by atoms with Crippen LogP contribution < -0.4 is 10.6 Å². The number of aliphatic hydroxyl groups is 1. The van der Waals surface area contributed by atoms with Gasteiger partial charge >= 0.3 is 0 Å². The summed E-state index contributed by atoms with van der Waals surface area (Å²) in [6.45, 7) is 7.41. The van der Waals surface area contributed by atoms with E-state index in [-0.39, 0.29) is 18.1 Å². The van der Waals surface area contributed by atoms with E-state index >= 15 is 0 Å². The van der Waals surface area contributed by atoms with Crippen molar-refractivity contribution in [1.82, 2.24) is 10.6 Å². The lowest BCUT2D eigenvalue weighted by molar-refractivity contribution is -0.121. The SMILES string of the molecule is CC(C)(C)NC(=O)CNCC1CCCC1CO. The van der Waals surface area contributed by atoms with Crippen molar-refractivity contribution < 1.29 is 9.90 Å². The van der Waals surface area contributed by atoms with Crippen molar-refractivity contribution in [3.8, 4) is 0 Å². The summed E-state index contributed by atoms with van der Waals surface area (Å²) in [4.78, 5) is 11.6. The van der Waals surface area contributed by atoms with Crippen LogP contribution in [0, 0.1) is 11.8 Å². The van der Waals surface area contributed by atoms with Crippen LogP contribution in [-0.2, 0) is 4.79 Å². The van der Waals surface area contributed by atoms with Gasteiger partial charge in [-0.3, -0.25) is 4.79 Å². The van der Waals surface area contributed by atoms with Gasteiger partial charge in [-0.05, 0) is 52.0 Å². The van der Waals surface area contributed by atoms with Crippen LogP contribution in [0.5, 0.6) is 0 Å². The van der Waals surface area contributed by atoms with Crippen LogP contribution in [0.3, 0.4) is 0 Å². The molecule has 0 bridgehead atoms. The van der Waals surface area contributed by atoms with Gasteiger partial charge in [0, 0.05) is 12.1 Å². The first kappa shape index (κ1) is 14.5. The lowest BCUT2D eigenvalue weighted by Gasteiger charge is -2.22. The van der Waals surface area contributed by atoms with E-state index in [0.29, 0.717) is 18.4 Å². The number of aliphatic hydroxyl groups excluding tert-OH is 1. The number of hydrogen-bond acceptors (Lipinski definition) is 3. The second-order valence-electron chi connectivity index (χ2n) is 6.06. The van der Waals surface area contributed by atoms with E-state index in [9.17, 15) is 9.90 Å². The molecule has 1 saturated carbocycles. The van der Waals surface area contributed by atoms with Crippen LogP contribution in [0.25, 0.3) is 0 Å². The molecule has 1 aliphatic rings. The Morgan fingerprint density at radius 2 is 1.94 bits per heavy atom. The minimum atomic E-state index is -0.167. The fourth-order valence-corrected chi connectivity index (χ4v) is 2.46. The molecule has 100 valence electrons. The Morgan fingerprint density at radius 3 is 2.53 bits per heavy atom. The zero-order valence-electron chi connectivity index (χ0n) is 11.3. The molecule has 2 atom stereocenters. The highest BCUT2D eigenvalue weighted by Crippen LogP contribution is 2.30. The topological polar surface area (TPSA) is 61.4 Å². The third-order valence-electron chi connectivity index (χ3n) is 3.26. The van der Waals surface area contributed by atoms with Gasteiger partial charge in [-0.25, -0.2) is 0 Å². The normalized spacial score (nSPS) is 24.9. The van der Waals surface area contributed by atoms with Crippen molar-refractivity contribution in [2.24, 2.45) is 11.8 Å². The first-order valence-electron chi connectivity index (χ1n) is 6.55. The van der Waals surface area contributed by atoms with Gasteiger partial charge in [0.1, 0.15) is 0 Å². The molecular weight excluding hydrogens is 216 g/mol. The smallest absolute Gasteiger partial charge is 0.234 e. The quantitative estimate of drug-likeness (QED) is 0.671. The predicted molar refractivity (Wildman–Crippen MR) is 68.7 cm³/mol. The minimum absolute atomic E-state index is 0.0380. The number of nitrogens with one attached hydrogen (secondary N) is 2. The van der Waals surface area contributed by atoms with E-state index in [0.717, 1.165) is 13.0 Å². The Bertz CT molecular complexity index is 248. The van der Waals surface area contributed by atoms with Crippen molar-refractivity contribution in [1.29, 1.82) is 0 Å². The average Bonchev–Trinajstić information content (AvgIpc) is 2.62. The summed E-state index contributed by atoms with van der Waals surface area (Å²) in [7, 11) is 0. The van der Waals surface area contributed by atoms with E-state index in [1.54, 1.807) is 0 Å². The van der Waals surface area contributed by atoms with E-state index in [1.807, 2.05) is 20.8 Å². The fraction of sp³-hybridized carbons (Fsp3) is 0.923. The number of hydrogen-bond donors (Lipinski definition) is 3. The zero-order chi connectivity index (χ0) is 12.9.